The van der Waals surface area contributed by atoms with Gasteiger partial charge in [0, 0.05) is 12.3 Å². The predicted molar refractivity (Wildman–Crippen MR) is 78.6 cm³/mol. The second-order valence-corrected chi connectivity index (χ2v) is 7.68. The molecule has 1 fully saturated rings. The van der Waals surface area contributed by atoms with Crippen molar-refractivity contribution >= 4 is 5.78 Å². The molecule has 0 N–H and O–H groups in total. The maximum absolute atomic E-state index is 12.4. The molecule has 18 heavy (non-hydrogen) atoms. The van der Waals surface area contributed by atoms with Crippen LogP contribution < -0.4 is 0 Å². The van der Waals surface area contributed by atoms with Gasteiger partial charge in [0.25, 0.3) is 0 Å². The molecule has 0 aromatic carbocycles. The lowest BCUT2D eigenvalue weighted by molar-refractivity contribution is -0.125. The lowest BCUT2D eigenvalue weighted by Gasteiger charge is -2.29. The molecule has 0 aliphatic heterocycles. The fourth-order valence-corrected chi connectivity index (χ4v) is 3.58. The van der Waals surface area contributed by atoms with Gasteiger partial charge in [-0.2, -0.15) is 0 Å². The molecule has 0 amide bonds. The lowest BCUT2D eigenvalue weighted by Crippen LogP contribution is -2.25. The van der Waals surface area contributed by atoms with Gasteiger partial charge in [0.15, 0.2) is 0 Å². The van der Waals surface area contributed by atoms with Crippen molar-refractivity contribution in [3.05, 3.63) is 0 Å². The van der Waals surface area contributed by atoms with Crippen molar-refractivity contribution in [2.24, 2.45) is 23.2 Å². The first-order valence-electron chi connectivity index (χ1n) is 7.84. The predicted octanol–water partition coefficient (Wildman–Crippen LogP) is 5.23. The quantitative estimate of drug-likeness (QED) is 0.654. The number of carbonyl (C=O) groups is 1. The fraction of sp³-hybridized carbons (Fsp3) is 0.941. The molecule has 106 valence electrons. The van der Waals surface area contributed by atoms with Gasteiger partial charge in [-0.1, -0.05) is 53.9 Å². The number of hydrogen-bond acceptors (Lipinski definition) is 1. The zero-order valence-corrected chi connectivity index (χ0v) is 13.1. The number of carbonyl (C=O) groups excluding carboxylic acids is 1. The van der Waals surface area contributed by atoms with Crippen molar-refractivity contribution in [2.75, 3.05) is 0 Å². The highest BCUT2D eigenvalue weighted by atomic mass is 16.1. The zero-order chi connectivity index (χ0) is 13.8. The average molecular weight is 252 g/mol. The van der Waals surface area contributed by atoms with Crippen molar-refractivity contribution in [1.82, 2.24) is 0 Å². The number of Topliss-reactive ketones (excluding diaryl/α,β-unsaturated/α-hetero) is 1. The van der Waals surface area contributed by atoms with Gasteiger partial charge in [-0.3, -0.25) is 4.79 Å². The molecule has 1 nitrogen and oxygen atoms in total. The van der Waals surface area contributed by atoms with Crippen LogP contribution in [-0.4, -0.2) is 5.78 Å². The maximum Gasteiger partial charge on any atom is 0.136 e. The van der Waals surface area contributed by atoms with Gasteiger partial charge in [-0.25, -0.2) is 0 Å². The standard InChI is InChI=1S/C17H32O/c1-6-14-8-7-9-15(11-14)16(18)10-13(2)12-17(3,4)5/h13-15H,6-12H2,1-5H3. The molecule has 3 atom stereocenters. The zero-order valence-electron chi connectivity index (χ0n) is 13.1. The van der Waals surface area contributed by atoms with Gasteiger partial charge in [0.05, 0.1) is 0 Å². The van der Waals surface area contributed by atoms with Crippen molar-refractivity contribution in [1.29, 1.82) is 0 Å². The van der Waals surface area contributed by atoms with Crippen LogP contribution in [0.5, 0.6) is 0 Å². The van der Waals surface area contributed by atoms with Crippen molar-refractivity contribution in [3.63, 3.8) is 0 Å². The van der Waals surface area contributed by atoms with Crippen LogP contribution in [0, 0.1) is 23.2 Å². The van der Waals surface area contributed by atoms with E-state index in [9.17, 15) is 4.79 Å². The molecule has 1 aliphatic rings. The molecule has 1 heteroatoms. The van der Waals surface area contributed by atoms with Gasteiger partial charge in [0.1, 0.15) is 5.78 Å². The third kappa shape index (κ3) is 5.54. The van der Waals surface area contributed by atoms with Crippen LogP contribution in [0.3, 0.4) is 0 Å². The number of hydrogen-bond donors (Lipinski definition) is 0. The normalized spacial score (nSPS) is 26.9. The Morgan fingerprint density at radius 3 is 2.50 bits per heavy atom. The van der Waals surface area contributed by atoms with Gasteiger partial charge in [-0.15, -0.1) is 0 Å². The highest BCUT2D eigenvalue weighted by Gasteiger charge is 2.27. The Labute approximate surface area is 114 Å². The monoisotopic (exact) mass is 252 g/mol. The molecule has 0 aromatic rings. The molecular weight excluding hydrogens is 220 g/mol. The van der Waals surface area contributed by atoms with Crippen LogP contribution in [0.25, 0.3) is 0 Å². The second-order valence-electron chi connectivity index (χ2n) is 7.68. The van der Waals surface area contributed by atoms with E-state index in [1.54, 1.807) is 0 Å². The van der Waals surface area contributed by atoms with Gasteiger partial charge in [-0.05, 0) is 36.5 Å². The molecule has 0 spiro atoms. The Morgan fingerprint density at radius 2 is 1.94 bits per heavy atom. The second kappa shape index (κ2) is 6.73. The summed E-state index contributed by atoms with van der Waals surface area (Å²) in [5.74, 6) is 2.28. The van der Waals surface area contributed by atoms with Crippen LogP contribution in [0.2, 0.25) is 0 Å². The summed E-state index contributed by atoms with van der Waals surface area (Å²) in [6.45, 7) is 11.3. The summed E-state index contributed by atoms with van der Waals surface area (Å²) >= 11 is 0. The molecule has 0 saturated heterocycles. The summed E-state index contributed by atoms with van der Waals surface area (Å²) in [6, 6.07) is 0. The summed E-state index contributed by atoms with van der Waals surface area (Å²) in [4.78, 5) is 12.4. The van der Waals surface area contributed by atoms with Crippen LogP contribution in [0.15, 0.2) is 0 Å². The van der Waals surface area contributed by atoms with E-state index in [0.717, 1.165) is 31.6 Å². The summed E-state index contributed by atoms with van der Waals surface area (Å²) < 4.78 is 0. The van der Waals surface area contributed by atoms with E-state index >= 15 is 0 Å². The molecular formula is C17H32O. The molecule has 0 heterocycles. The highest BCUT2D eigenvalue weighted by molar-refractivity contribution is 5.81. The summed E-state index contributed by atoms with van der Waals surface area (Å²) in [7, 11) is 0. The van der Waals surface area contributed by atoms with Crippen LogP contribution in [0.4, 0.5) is 0 Å². The fourth-order valence-electron chi connectivity index (χ4n) is 3.58. The van der Waals surface area contributed by atoms with Crippen LogP contribution in [-0.2, 0) is 4.79 Å². The molecule has 1 saturated carbocycles. The minimum Gasteiger partial charge on any atom is -0.299 e. The van der Waals surface area contributed by atoms with E-state index in [4.69, 9.17) is 0 Å². The largest absolute Gasteiger partial charge is 0.299 e. The van der Waals surface area contributed by atoms with Crippen LogP contribution in [0.1, 0.15) is 79.6 Å². The molecule has 0 aromatic heterocycles. The van der Waals surface area contributed by atoms with E-state index < -0.39 is 0 Å². The van der Waals surface area contributed by atoms with Crippen molar-refractivity contribution < 1.29 is 4.79 Å². The molecule has 0 bridgehead atoms. The van der Waals surface area contributed by atoms with Crippen molar-refractivity contribution in [2.45, 2.75) is 79.6 Å². The summed E-state index contributed by atoms with van der Waals surface area (Å²) in [6.07, 6.45) is 8.14. The highest BCUT2D eigenvalue weighted by Crippen LogP contribution is 2.34. The smallest absolute Gasteiger partial charge is 0.136 e. The Balaban J connectivity index is 2.40. The maximum atomic E-state index is 12.4. The number of rotatable bonds is 5. The molecule has 1 rings (SSSR count). The Hall–Kier alpha value is -0.330. The Kier molecular flexibility index (Phi) is 5.88. The SMILES string of the molecule is CCC1CCCC(C(=O)CC(C)CC(C)(C)C)C1. The van der Waals surface area contributed by atoms with E-state index in [1.807, 2.05) is 0 Å². The van der Waals surface area contributed by atoms with Crippen LogP contribution >= 0.6 is 0 Å². The lowest BCUT2D eigenvalue weighted by atomic mass is 9.75. The average Bonchev–Trinajstić information content (AvgIpc) is 2.26. The minimum atomic E-state index is 0.345. The first kappa shape index (κ1) is 15.7. The molecule has 0 radical (unpaired) electrons. The Bertz CT molecular complexity index is 261. The van der Waals surface area contributed by atoms with E-state index in [0.29, 0.717) is 23.0 Å². The first-order chi connectivity index (χ1) is 8.31. The first-order valence-corrected chi connectivity index (χ1v) is 7.84. The third-order valence-electron chi connectivity index (χ3n) is 4.33. The van der Waals surface area contributed by atoms with Gasteiger partial charge in [0.2, 0.25) is 0 Å². The summed E-state index contributed by atoms with van der Waals surface area (Å²) in [5, 5.41) is 0. The van der Waals surface area contributed by atoms with E-state index in [1.165, 1.54) is 19.3 Å². The van der Waals surface area contributed by atoms with Gasteiger partial charge < -0.3 is 0 Å². The summed E-state index contributed by atoms with van der Waals surface area (Å²) in [5.41, 5.74) is 0.345. The van der Waals surface area contributed by atoms with E-state index in [-0.39, 0.29) is 0 Å². The van der Waals surface area contributed by atoms with E-state index in [2.05, 4.69) is 34.6 Å². The topological polar surface area (TPSA) is 17.1 Å². The molecule has 3 unspecified atom stereocenters. The third-order valence-corrected chi connectivity index (χ3v) is 4.33. The minimum absolute atomic E-state index is 0.345. The molecule has 1 aliphatic carbocycles. The Morgan fingerprint density at radius 1 is 1.28 bits per heavy atom. The van der Waals surface area contributed by atoms with Gasteiger partial charge >= 0.3 is 0 Å². The van der Waals surface area contributed by atoms with Crippen molar-refractivity contribution in [3.8, 4) is 0 Å². The number of ketones is 1.